The van der Waals surface area contributed by atoms with Crippen molar-refractivity contribution >= 4 is 23.4 Å². The summed E-state index contributed by atoms with van der Waals surface area (Å²) < 4.78 is 37.4. The van der Waals surface area contributed by atoms with Crippen molar-refractivity contribution in [3.63, 3.8) is 0 Å². The highest BCUT2D eigenvalue weighted by molar-refractivity contribution is 7.99. The molecule has 2 rings (SSSR count). The Morgan fingerprint density at radius 3 is 2.47 bits per heavy atom. The van der Waals surface area contributed by atoms with Crippen LogP contribution in [0.3, 0.4) is 0 Å². The van der Waals surface area contributed by atoms with Crippen molar-refractivity contribution in [2.75, 3.05) is 0 Å². The predicted octanol–water partition coefficient (Wildman–Crippen LogP) is 4.24. The molecular weight excluding hydrogens is 299 g/mol. The van der Waals surface area contributed by atoms with Crippen molar-refractivity contribution < 1.29 is 13.2 Å². The molecule has 0 aliphatic rings. The number of aryl methyl sites for hydroxylation is 2. The minimum Gasteiger partial charge on any atom is -0.337 e. The van der Waals surface area contributed by atoms with Crippen LogP contribution < -0.4 is 0 Å². The second-order valence-electron chi connectivity index (χ2n) is 3.86. The van der Waals surface area contributed by atoms with Gasteiger partial charge in [0.25, 0.3) is 0 Å². The second-order valence-corrected chi connectivity index (χ2v) is 5.25. The summed E-state index contributed by atoms with van der Waals surface area (Å²) in [4.78, 5) is 10.9. The van der Waals surface area contributed by atoms with Crippen molar-refractivity contribution in [3.05, 3.63) is 34.2 Å². The molecule has 0 spiro atoms. The zero-order chi connectivity index (χ0) is 14.2. The number of imidazole rings is 1. The molecule has 2 aromatic rings. The van der Waals surface area contributed by atoms with Crippen LogP contribution in [0.1, 0.15) is 17.0 Å². The number of aromatic nitrogens is 3. The summed E-state index contributed by atoms with van der Waals surface area (Å²) in [6.45, 7) is 3.69. The van der Waals surface area contributed by atoms with Crippen LogP contribution in [-0.4, -0.2) is 15.0 Å². The average Bonchev–Trinajstić information content (AvgIpc) is 2.59. The summed E-state index contributed by atoms with van der Waals surface area (Å²) in [7, 11) is 0. The van der Waals surface area contributed by atoms with Gasteiger partial charge in [-0.3, -0.25) is 0 Å². The van der Waals surface area contributed by atoms with E-state index in [1.807, 2.05) is 13.8 Å². The van der Waals surface area contributed by atoms with E-state index in [1.165, 1.54) is 0 Å². The fourth-order valence-electron chi connectivity index (χ4n) is 1.31. The molecule has 0 unspecified atom stereocenters. The molecule has 0 aromatic carbocycles. The minimum atomic E-state index is -4.45. The third kappa shape index (κ3) is 3.22. The van der Waals surface area contributed by atoms with E-state index >= 15 is 0 Å². The second kappa shape index (κ2) is 5.05. The minimum absolute atomic E-state index is 0.0495. The predicted molar refractivity (Wildman–Crippen MR) is 66.4 cm³/mol. The van der Waals surface area contributed by atoms with Gasteiger partial charge in [0.2, 0.25) is 0 Å². The van der Waals surface area contributed by atoms with Crippen LogP contribution in [0, 0.1) is 13.8 Å². The van der Waals surface area contributed by atoms with Crippen LogP contribution in [0.15, 0.2) is 22.4 Å². The number of nitrogens with zero attached hydrogens (tertiary/aromatic N) is 2. The lowest BCUT2D eigenvalue weighted by Gasteiger charge is -2.07. The number of nitrogens with one attached hydrogen (secondary N) is 1. The van der Waals surface area contributed by atoms with E-state index in [2.05, 4.69) is 15.0 Å². The Bertz CT molecular complexity index is 590. The van der Waals surface area contributed by atoms with Gasteiger partial charge in [-0.2, -0.15) is 13.2 Å². The molecule has 0 saturated heterocycles. The quantitative estimate of drug-likeness (QED) is 0.902. The number of hydrogen-bond acceptors (Lipinski definition) is 3. The fourth-order valence-corrected chi connectivity index (χ4v) is 2.42. The molecule has 2 heterocycles. The third-order valence-electron chi connectivity index (χ3n) is 2.43. The molecule has 0 atom stereocenters. The maximum absolute atomic E-state index is 12.5. The van der Waals surface area contributed by atoms with Gasteiger partial charge in [-0.1, -0.05) is 11.6 Å². The lowest BCUT2D eigenvalue weighted by molar-refractivity contribution is -0.137. The Balaban J connectivity index is 2.27. The normalized spacial score (nSPS) is 11.9. The van der Waals surface area contributed by atoms with Crippen molar-refractivity contribution in [1.82, 2.24) is 15.0 Å². The van der Waals surface area contributed by atoms with Crippen LogP contribution in [0.2, 0.25) is 5.02 Å². The molecule has 0 radical (unpaired) electrons. The van der Waals surface area contributed by atoms with Gasteiger partial charge < -0.3 is 4.98 Å². The van der Waals surface area contributed by atoms with Crippen LogP contribution in [0.4, 0.5) is 13.2 Å². The molecule has 0 amide bonds. The first-order valence-corrected chi connectivity index (χ1v) is 6.40. The smallest absolute Gasteiger partial charge is 0.337 e. The van der Waals surface area contributed by atoms with E-state index in [0.29, 0.717) is 5.16 Å². The number of hydrogen-bond donors (Lipinski definition) is 1. The molecule has 0 aliphatic carbocycles. The van der Waals surface area contributed by atoms with E-state index in [0.717, 1.165) is 35.4 Å². The maximum Gasteiger partial charge on any atom is 0.417 e. The molecule has 19 heavy (non-hydrogen) atoms. The zero-order valence-electron chi connectivity index (χ0n) is 9.97. The number of alkyl halides is 3. The van der Waals surface area contributed by atoms with Gasteiger partial charge in [-0.05, 0) is 31.7 Å². The standard InChI is InChI=1S/C11H9ClF3N3S/c1-5-6(2)18-10(17-5)19-9-8(12)3-7(4-16-9)11(13,14)15/h3-4H,1-2H3,(H,17,18). The van der Waals surface area contributed by atoms with E-state index in [-0.39, 0.29) is 10.0 Å². The largest absolute Gasteiger partial charge is 0.417 e. The van der Waals surface area contributed by atoms with Crippen molar-refractivity contribution in [1.29, 1.82) is 0 Å². The Labute approximate surface area is 116 Å². The molecule has 0 fully saturated rings. The van der Waals surface area contributed by atoms with Crippen molar-refractivity contribution in [3.8, 4) is 0 Å². The van der Waals surface area contributed by atoms with E-state index in [4.69, 9.17) is 11.6 Å². The lowest BCUT2D eigenvalue weighted by atomic mass is 10.3. The number of pyridine rings is 1. The molecule has 2 aromatic heterocycles. The van der Waals surface area contributed by atoms with E-state index in [9.17, 15) is 13.2 Å². The Kier molecular flexibility index (Phi) is 3.78. The monoisotopic (exact) mass is 307 g/mol. The maximum atomic E-state index is 12.5. The molecule has 0 saturated carbocycles. The summed E-state index contributed by atoms with van der Waals surface area (Å²) in [5.74, 6) is 0. The van der Waals surface area contributed by atoms with Crippen LogP contribution in [-0.2, 0) is 6.18 Å². The Morgan fingerprint density at radius 1 is 1.32 bits per heavy atom. The highest BCUT2D eigenvalue weighted by Gasteiger charge is 2.31. The average molecular weight is 308 g/mol. The molecule has 3 nitrogen and oxygen atoms in total. The highest BCUT2D eigenvalue weighted by Crippen LogP contribution is 2.35. The molecule has 8 heteroatoms. The highest BCUT2D eigenvalue weighted by atomic mass is 35.5. The lowest BCUT2D eigenvalue weighted by Crippen LogP contribution is -2.05. The van der Waals surface area contributed by atoms with E-state index < -0.39 is 11.7 Å². The van der Waals surface area contributed by atoms with Gasteiger partial charge in [0.05, 0.1) is 16.3 Å². The van der Waals surface area contributed by atoms with Crippen LogP contribution in [0.5, 0.6) is 0 Å². The number of aromatic amines is 1. The first kappa shape index (κ1) is 14.2. The van der Waals surface area contributed by atoms with Gasteiger partial charge in [0.15, 0.2) is 5.16 Å². The fraction of sp³-hybridized carbons (Fsp3) is 0.273. The topological polar surface area (TPSA) is 41.6 Å². The van der Waals surface area contributed by atoms with Gasteiger partial charge in [-0.15, -0.1) is 0 Å². The van der Waals surface area contributed by atoms with Gasteiger partial charge in [0, 0.05) is 11.9 Å². The molecule has 1 N–H and O–H groups in total. The van der Waals surface area contributed by atoms with Crippen LogP contribution >= 0.6 is 23.4 Å². The summed E-state index contributed by atoms with van der Waals surface area (Å²) in [6, 6.07) is 0.861. The number of halogens is 4. The Morgan fingerprint density at radius 2 is 2.00 bits per heavy atom. The summed E-state index contributed by atoms with van der Waals surface area (Å²) in [5, 5.41) is 0.777. The molecule has 0 bridgehead atoms. The summed E-state index contributed by atoms with van der Waals surface area (Å²) >= 11 is 6.90. The third-order valence-corrected chi connectivity index (χ3v) is 3.74. The number of H-pyrrole nitrogens is 1. The first-order valence-electron chi connectivity index (χ1n) is 5.21. The van der Waals surface area contributed by atoms with Crippen LogP contribution in [0.25, 0.3) is 0 Å². The molecule has 0 aliphatic heterocycles. The van der Waals surface area contributed by atoms with Gasteiger partial charge in [0.1, 0.15) is 5.03 Å². The van der Waals surface area contributed by atoms with E-state index in [1.54, 1.807) is 0 Å². The number of rotatable bonds is 2. The first-order chi connectivity index (χ1) is 8.77. The summed E-state index contributed by atoms with van der Waals surface area (Å²) in [5.41, 5.74) is 0.852. The van der Waals surface area contributed by atoms with Gasteiger partial charge >= 0.3 is 6.18 Å². The summed E-state index contributed by atoms with van der Waals surface area (Å²) in [6.07, 6.45) is -3.69. The van der Waals surface area contributed by atoms with Crippen molar-refractivity contribution in [2.45, 2.75) is 30.2 Å². The zero-order valence-corrected chi connectivity index (χ0v) is 11.5. The molecule has 102 valence electrons. The SMILES string of the molecule is Cc1nc(Sc2ncc(C(F)(F)F)cc2Cl)[nH]c1C. The van der Waals surface area contributed by atoms with Gasteiger partial charge in [-0.25, -0.2) is 9.97 Å². The van der Waals surface area contributed by atoms with Crippen molar-refractivity contribution in [2.24, 2.45) is 0 Å². The molecular formula is C11H9ClF3N3S. The Hall–Kier alpha value is -1.21.